The van der Waals surface area contributed by atoms with Crippen LogP contribution >= 0.6 is 0 Å². The van der Waals surface area contributed by atoms with Crippen LogP contribution in [0.25, 0.3) is 0 Å². The highest BCUT2D eigenvalue weighted by Gasteiger charge is 2.26. The summed E-state index contributed by atoms with van der Waals surface area (Å²) in [5, 5.41) is 2.70. The standard InChI is InChI=1S/C20H19FSi/c1-16(19-14-8-9-15-20(19)21)22(17-10-4-2-5-11-17)18-12-6-3-7-13-18/h2-16,22H,1H3/t16-/m1/s1. The molecule has 0 amide bonds. The lowest BCUT2D eigenvalue weighted by molar-refractivity contribution is 0.609. The Balaban J connectivity index is 2.08. The minimum Gasteiger partial charge on any atom is -0.207 e. The van der Waals surface area contributed by atoms with E-state index in [1.807, 2.05) is 24.3 Å². The van der Waals surface area contributed by atoms with Gasteiger partial charge >= 0.3 is 0 Å². The summed E-state index contributed by atoms with van der Waals surface area (Å²) >= 11 is 0. The van der Waals surface area contributed by atoms with Gasteiger partial charge < -0.3 is 0 Å². The molecule has 0 aliphatic carbocycles. The van der Waals surface area contributed by atoms with Gasteiger partial charge in [-0.3, -0.25) is 0 Å². The molecule has 3 aromatic rings. The van der Waals surface area contributed by atoms with Gasteiger partial charge in [0.1, 0.15) is 14.6 Å². The summed E-state index contributed by atoms with van der Waals surface area (Å²) in [5.74, 6) is -0.0978. The Bertz CT molecular complexity index is 685. The van der Waals surface area contributed by atoms with Gasteiger partial charge in [-0.2, -0.15) is 0 Å². The zero-order chi connectivity index (χ0) is 15.4. The molecule has 2 heteroatoms. The average molecular weight is 306 g/mol. The molecule has 0 unspecified atom stereocenters. The van der Waals surface area contributed by atoms with Crippen LogP contribution in [0, 0.1) is 5.82 Å². The molecule has 0 aliphatic rings. The molecule has 0 aliphatic heterocycles. The van der Waals surface area contributed by atoms with E-state index in [0.29, 0.717) is 0 Å². The van der Waals surface area contributed by atoms with Crippen molar-refractivity contribution in [2.24, 2.45) is 0 Å². The first kappa shape index (κ1) is 14.7. The molecule has 0 saturated heterocycles. The first-order valence-electron chi connectivity index (χ1n) is 7.61. The van der Waals surface area contributed by atoms with Gasteiger partial charge in [0.05, 0.1) is 0 Å². The van der Waals surface area contributed by atoms with Crippen LogP contribution in [0.3, 0.4) is 0 Å². The normalized spacial score (nSPS) is 12.3. The molecule has 0 nitrogen and oxygen atoms in total. The Morgan fingerprint density at radius 2 is 1.14 bits per heavy atom. The second-order valence-electron chi connectivity index (χ2n) is 5.61. The van der Waals surface area contributed by atoms with Gasteiger partial charge in [0.2, 0.25) is 0 Å². The summed E-state index contributed by atoms with van der Waals surface area (Å²) in [7, 11) is -1.54. The zero-order valence-corrected chi connectivity index (χ0v) is 13.8. The maximum atomic E-state index is 14.3. The molecule has 3 rings (SSSR count). The lowest BCUT2D eigenvalue weighted by Crippen LogP contribution is -2.46. The van der Waals surface area contributed by atoms with E-state index in [0.717, 1.165) is 5.56 Å². The highest BCUT2D eigenvalue weighted by atomic mass is 28.3. The van der Waals surface area contributed by atoms with Crippen molar-refractivity contribution in [3.05, 3.63) is 96.3 Å². The van der Waals surface area contributed by atoms with Crippen LogP contribution in [0.4, 0.5) is 4.39 Å². The molecule has 22 heavy (non-hydrogen) atoms. The minimum atomic E-state index is -1.54. The van der Waals surface area contributed by atoms with Crippen molar-refractivity contribution in [1.29, 1.82) is 0 Å². The van der Waals surface area contributed by atoms with Crippen molar-refractivity contribution in [3.8, 4) is 0 Å². The lowest BCUT2D eigenvalue weighted by atomic mass is 10.1. The molecular formula is C20H19FSi. The van der Waals surface area contributed by atoms with Crippen molar-refractivity contribution < 1.29 is 4.39 Å². The highest BCUT2D eigenvalue weighted by molar-refractivity contribution is 6.86. The molecule has 0 saturated carbocycles. The Labute approximate surface area is 132 Å². The second kappa shape index (κ2) is 6.71. The molecule has 110 valence electrons. The third-order valence-corrected chi connectivity index (χ3v) is 7.78. The maximum absolute atomic E-state index is 14.3. The molecule has 0 bridgehead atoms. The number of rotatable bonds is 4. The quantitative estimate of drug-likeness (QED) is 0.647. The van der Waals surface area contributed by atoms with E-state index in [1.54, 1.807) is 12.1 Å². The second-order valence-corrected chi connectivity index (χ2v) is 8.90. The molecule has 0 aromatic heterocycles. The van der Waals surface area contributed by atoms with Gasteiger partial charge in [-0.25, -0.2) is 4.39 Å². The van der Waals surface area contributed by atoms with Crippen molar-refractivity contribution >= 4 is 19.2 Å². The molecule has 0 spiro atoms. The van der Waals surface area contributed by atoms with Gasteiger partial charge in [0.25, 0.3) is 0 Å². The van der Waals surface area contributed by atoms with Crippen LogP contribution < -0.4 is 10.4 Å². The third-order valence-electron chi connectivity index (χ3n) is 4.21. The summed E-state index contributed by atoms with van der Waals surface area (Å²) in [6.07, 6.45) is 0. The van der Waals surface area contributed by atoms with E-state index in [2.05, 4.69) is 55.5 Å². The molecular weight excluding hydrogens is 287 g/mol. The number of halogens is 1. The Morgan fingerprint density at radius 1 is 0.682 bits per heavy atom. The van der Waals surface area contributed by atoms with E-state index in [4.69, 9.17) is 0 Å². The molecule has 1 atom stereocenters. The molecule has 0 N–H and O–H groups in total. The van der Waals surface area contributed by atoms with E-state index in [-0.39, 0.29) is 11.4 Å². The third kappa shape index (κ3) is 3.02. The number of benzene rings is 3. The van der Waals surface area contributed by atoms with Gasteiger partial charge in [-0.05, 0) is 17.2 Å². The van der Waals surface area contributed by atoms with Crippen LogP contribution in [-0.2, 0) is 0 Å². The monoisotopic (exact) mass is 306 g/mol. The van der Waals surface area contributed by atoms with E-state index < -0.39 is 8.80 Å². The largest absolute Gasteiger partial charge is 0.207 e. The van der Waals surface area contributed by atoms with Crippen LogP contribution in [0.1, 0.15) is 18.0 Å². The fourth-order valence-electron chi connectivity index (χ4n) is 3.11. The van der Waals surface area contributed by atoms with Gasteiger partial charge in [0.15, 0.2) is 0 Å². The summed E-state index contributed by atoms with van der Waals surface area (Å²) in [6.45, 7) is 2.16. The van der Waals surface area contributed by atoms with Crippen LogP contribution in [0.2, 0.25) is 0 Å². The lowest BCUT2D eigenvalue weighted by Gasteiger charge is -2.24. The fraction of sp³-hybridized carbons (Fsp3) is 0.100. The van der Waals surface area contributed by atoms with Crippen LogP contribution in [-0.4, -0.2) is 8.80 Å². The maximum Gasteiger partial charge on any atom is 0.126 e. The van der Waals surface area contributed by atoms with Crippen LogP contribution in [0.5, 0.6) is 0 Å². The van der Waals surface area contributed by atoms with Gasteiger partial charge in [-0.15, -0.1) is 0 Å². The fourth-order valence-corrected chi connectivity index (χ4v) is 6.56. The van der Waals surface area contributed by atoms with Crippen molar-refractivity contribution in [3.63, 3.8) is 0 Å². The number of hydrogen-bond donors (Lipinski definition) is 0. The average Bonchev–Trinajstić information content (AvgIpc) is 2.57. The molecule has 0 heterocycles. The summed E-state index contributed by atoms with van der Waals surface area (Å²) in [5.41, 5.74) is 1.03. The zero-order valence-electron chi connectivity index (χ0n) is 12.6. The SMILES string of the molecule is C[C@H](c1ccccc1F)[SiH](c1ccccc1)c1ccccc1. The Hall–Kier alpha value is -2.19. The van der Waals surface area contributed by atoms with E-state index in [9.17, 15) is 4.39 Å². The van der Waals surface area contributed by atoms with Crippen molar-refractivity contribution in [2.45, 2.75) is 12.5 Å². The summed E-state index contributed by atoms with van der Waals surface area (Å²) in [4.78, 5) is 0. The van der Waals surface area contributed by atoms with Crippen LogP contribution in [0.15, 0.2) is 84.9 Å². The molecule has 0 fully saturated rings. The minimum absolute atomic E-state index is 0.0978. The first-order valence-corrected chi connectivity index (χ1v) is 9.44. The van der Waals surface area contributed by atoms with E-state index >= 15 is 0 Å². The molecule has 0 radical (unpaired) electrons. The van der Waals surface area contributed by atoms with Crippen molar-refractivity contribution in [1.82, 2.24) is 0 Å². The Morgan fingerprint density at radius 3 is 1.64 bits per heavy atom. The highest BCUT2D eigenvalue weighted by Crippen LogP contribution is 2.21. The van der Waals surface area contributed by atoms with Crippen molar-refractivity contribution in [2.75, 3.05) is 0 Å². The van der Waals surface area contributed by atoms with E-state index in [1.165, 1.54) is 10.4 Å². The van der Waals surface area contributed by atoms with Gasteiger partial charge in [0, 0.05) is 0 Å². The topological polar surface area (TPSA) is 0 Å². The first-order chi connectivity index (χ1) is 10.8. The predicted molar refractivity (Wildman–Crippen MR) is 94.1 cm³/mol. The molecule has 3 aromatic carbocycles. The summed E-state index contributed by atoms with van der Waals surface area (Å²) < 4.78 is 14.3. The Kier molecular flexibility index (Phi) is 4.49. The predicted octanol–water partition coefficient (Wildman–Crippen LogP) is 3.51. The number of hydrogen-bond acceptors (Lipinski definition) is 0. The smallest absolute Gasteiger partial charge is 0.126 e. The summed E-state index contributed by atoms with van der Waals surface area (Å²) in [6, 6.07) is 28.3. The van der Waals surface area contributed by atoms with Gasteiger partial charge in [-0.1, -0.05) is 96.2 Å².